The summed E-state index contributed by atoms with van der Waals surface area (Å²) in [6.45, 7) is 3.72. The number of likely N-dealkylation sites (tertiary alicyclic amines) is 2. The molecule has 2 unspecified atom stereocenters. The number of methoxy groups -OCH3 is 1. The molecular weight excluding hydrogens is 460 g/mol. The number of nitrogens with zero attached hydrogens (tertiary/aromatic N) is 2. The average molecular weight is 501 g/mol. The Hall–Kier alpha value is -2.78. The highest BCUT2D eigenvalue weighted by Gasteiger charge is 2.41. The van der Waals surface area contributed by atoms with E-state index in [0.717, 1.165) is 38.0 Å². The van der Waals surface area contributed by atoms with Crippen LogP contribution in [0.4, 0.5) is 0 Å². The molecule has 0 aromatic heterocycles. The maximum absolute atomic E-state index is 11.6. The molecule has 2 atom stereocenters. The molecule has 2 aromatic rings. The van der Waals surface area contributed by atoms with E-state index in [1.165, 1.54) is 12.7 Å². The second kappa shape index (κ2) is 13.5. The van der Waals surface area contributed by atoms with Gasteiger partial charge in [-0.3, -0.25) is 9.80 Å². The standard InChI is InChI=1S/C14H19NO3.C13H17NO3.CH4/c1-18-13(16)14(17)8-5-9-15(11-14)10-12-6-3-2-4-7-12;15-12(16)13(17)7-4-8-14(10-13)9-11-5-2-1-3-6-11;/h2-4,6-7,17H,5,8-11H2,1H3;1-3,5-6,17H,4,7-10H2,(H,15,16);1H4. The largest absolute Gasteiger partial charge is 0.479 e. The molecule has 3 N–H and O–H groups in total. The molecule has 0 spiro atoms. The molecule has 2 fully saturated rings. The number of carboxylic acids is 1. The van der Waals surface area contributed by atoms with Crippen LogP contribution in [0.5, 0.6) is 0 Å². The molecule has 8 nitrogen and oxygen atoms in total. The van der Waals surface area contributed by atoms with Crippen LogP contribution in [-0.4, -0.2) is 81.5 Å². The van der Waals surface area contributed by atoms with Crippen molar-refractivity contribution in [2.45, 2.75) is 57.4 Å². The molecule has 0 saturated carbocycles. The van der Waals surface area contributed by atoms with Crippen molar-refractivity contribution < 1.29 is 29.6 Å². The van der Waals surface area contributed by atoms with Crippen LogP contribution in [0.1, 0.15) is 44.2 Å². The normalized spacial score (nSPS) is 24.5. The van der Waals surface area contributed by atoms with E-state index < -0.39 is 23.1 Å². The molecule has 2 aliphatic heterocycles. The molecule has 0 bridgehead atoms. The van der Waals surface area contributed by atoms with Crippen molar-refractivity contribution in [3.05, 3.63) is 71.8 Å². The predicted octanol–water partition coefficient (Wildman–Crippen LogP) is 2.92. The third-order valence-corrected chi connectivity index (χ3v) is 6.56. The number of ether oxygens (including phenoxy) is 1. The van der Waals surface area contributed by atoms with Crippen LogP contribution >= 0.6 is 0 Å². The first-order valence-electron chi connectivity index (χ1n) is 12.0. The Bertz CT molecular complexity index is 957. The Morgan fingerprint density at radius 3 is 1.64 bits per heavy atom. The van der Waals surface area contributed by atoms with Crippen LogP contribution in [0.15, 0.2) is 60.7 Å². The van der Waals surface area contributed by atoms with Gasteiger partial charge >= 0.3 is 11.9 Å². The summed E-state index contributed by atoms with van der Waals surface area (Å²) in [5.74, 6) is -1.64. The Morgan fingerprint density at radius 2 is 1.22 bits per heavy atom. The molecular formula is C28H40N2O6. The number of aliphatic hydroxyl groups is 2. The smallest absolute Gasteiger partial charge is 0.339 e. The molecule has 2 heterocycles. The van der Waals surface area contributed by atoms with Crippen molar-refractivity contribution in [2.75, 3.05) is 33.3 Å². The predicted molar refractivity (Wildman–Crippen MR) is 138 cm³/mol. The van der Waals surface area contributed by atoms with Gasteiger partial charge in [0.1, 0.15) is 0 Å². The Morgan fingerprint density at radius 1 is 0.806 bits per heavy atom. The summed E-state index contributed by atoms with van der Waals surface area (Å²) in [6.07, 6.45) is 2.34. The maximum atomic E-state index is 11.6. The first-order chi connectivity index (χ1) is 16.7. The summed E-state index contributed by atoms with van der Waals surface area (Å²) in [6, 6.07) is 19.9. The fourth-order valence-corrected chi connectivity index (χ4v) is 4.73. The van der Waals surface area contributed by atoms with Crippen molar-refractivity contribution in [1.82, 2.24) is 9.80 Å². The molecule has 198 valence electrons. The summed E-state index contributed by atoms with van der Waals surface area (Å²) in [7, 11) is 1.32. The molecule has 0 amide bonds. The minimum atomic E-state index is -1.58. The molecule has 2 saturated heterocycles. The van der Waals surface area contributed by atoms with Gasteiger partial charge in [-0.25, -0.2) is 9.59 Å². The van der Waals surface area contributed by atoms with Gasteiger partial charge in [0.05, 0.1) is 7.11 Å². The lowest BCUT2D eigenvalue weighted by atomic mass is 9.92. The second-order valence-corrected chi connectivity index (χ2v) is 9.46. The van der Waals surface area contributed by atoms with Crippen LogP contribution in [0.25, 0.3) is 0 Å². The first-order valence-corrected chi connectivity index (χ1v) is 12.0. The SMILES string of the molecule is C.COC(=O)C1(O)CCCN(Cc2ccccc2)C1.O=C(O)C1(O)CCCN(Cc2ccccc2)C1. The highest BCUT2D eigenvalue weighted by atomic mass is 16.5. The number of aliphatic carboxylic acids is 1. The zero-order chi connectivity index (χ0) is 25.3. The topological polar surface area (TPSA) is 111 Å². The van der Waals surface area contributed by atoms with Crippen molar-refractivity contribution in [2.24, 2.45) is 0 Å². The van der Waals surface area contributed by atoms with E-state index in [9.17, 15) is 19.8 Å². The number of carboxylic acid groups (broad SMARTS) is 1. The number of carbonyl (C=O) groups excluding carboxylic acids is 1. The second-order valence-electron chi connectivity index (χ2n) is 9.46. The lowest BCUT2D eigenvalue weighted by molar-refractivity contribution is -0.168. The Balaban J connectivity index is 0.000000247. The quantitative estimate of drug-likeness (QED) is 0.520. The van der Waals surface area contributed by atoms with Gasteiger partial charge in [-0.2, -0.15) is 0 Å². The van der Waals surface area contributed by atoms with Crippen molar-refractivity contribution in [1.29, 1.82) is 0 Å². The number of hydrogen-bond acceptors (Lipinski definition) is 7. The van der Waals surface area contributed by atoms with Gasteiger partial charge in [-0.15, -0.1) is 0 Å². The lowest BCUT2D eigenvalue weighted by Gasteiger charge is -2.37. The summed E-state index contributed by atoms with van der Waals surface area (Å²) >= 11 is 0. The monoisotopic (exact) mass is 500 g/mol. The van der Waals surface area contributed by atoms with Gasteiger partial charge in [0.2, 0.25) is 0 Å². The van der Waals surface area contributed by atoms with E-state index in [2.05, 4.69) is 9.64 Å². The first kappa shape index (κ1) is 29.5. The number of rotatable bonds is 6. The summed E-state index contributed by atoms with van der Waals surface area (Å²) < 4.78 is 4.68. The number of benzene rings is 2. The zero-order valence-corrected chi connectivity index (χ0v) is 20.3. The summed E-state index contributed by atoms with van der Waals surface area (Å²) in [5, 5.41) is 29.2. The molecule has 4 rings (SSSR count). The molecule has 0 radical (unpaired) electrons. The van der Waals surface area contributed by atoms with Crippen LogP contribution < -0.4 is 0 Å². The highest BCUT2D eigenvalue weighted by Crippen LogP contribution is 2.24. The van der Waals surface area contributed by atoms with E-state index in [-0.39, 0.29) is 14.0 Å². The Kier molecular flexibility index (Phi) is 11.0. The fraction of sp³-hybridized carbons (Fsp3) is 0.500. The molecule has 8 heteroatoms. The van der Waals surface area contributed by atoms with Crippen LogP contribution in [0.2, 0.25) is 0 Å². The van der Waals surface area contributed by atoms with Gasteiger partial charge in [0.15, 0.2) is 11.2 Å². The van der Waals surface area contributed by atoms with E-state index in [0.29, 0.717) is 25.9 Å². The summed E-state index contributed by atoms with van der Waals surface area (Å²) in [5.41, 5.74) is -0.594. The molecule has 36 heavy (non-hydrogen) atoms. The molecule has 2 aliphatic rings. The van der Waals surface area contributed by atoms with Crippen molar-refractivity contribution in [3.63, 3.8) is 0 Å². The van der Waals surface area contributed by atoms with Crippen LogP contribution in [-0.2, 0) is 27.4 Å². The zero-order valence-electron chi connectivity index (χ0n) is 20.3. The van der Waals surface area contributed by atoms with Gasteiger partial charge in [-0.05, 0) is 49.9 Å². The molecule has 2 aromatic carbocycles. The van der Waals surface area contributed by atoms with E-state index in [1.807, 2.05) is 65.6 Å². The molecule has 0 aliphatic carbocycles. The third kappa shape index (κ3) is 8.13. The van der Waals surface area contributed by atoms with Gasteiger partial charge in [0.25, 0.3) is 0 Å². The number of esters is 1. The van der Waals surface area contributed by atoms with Gasteiger partial charge < -0.3 is 20.1 Å². The van der Waals surface area contributed by atoms with E-state index >= 15 is 0 Å². The lowest BCUT2D eigenvalue weighted by Crippen LogP contribution is -2.53. The minimum Gasteiger partial charge on any atom is -0.479 e. The van der Waals surface area contributed by atoms with Crippen LogP contribution in [0, 0.1) is 0 Å². The average Bonchev–Trinajstić information content (AvgIpc) is 2.85. The third-order valence-electron chi connectivity index (χ3n) is 6.56. The van der Waals surface area contributed by atoms with E-state index in [1.54, 1.807) is 0 Å². The number of β-amino-alcohol motifs (C(OH)–C–C–N with tert-alkyl or cyclic N) is 2. The Labute approximate surface area is 214 Å². The number of piperidine rings is 2. The van der Waals surface area contributed by atoms with Gasteiger partial charge in [-0.1, -0.05) is 68.1 Å². The summed E-state index contributed by atoms with van der Waals surface area (Å²) in [4.78, 5) is 26.7. The van der Waals surface area contributed by atoms with Crippen molar-refractivity contribution >= 4 is 11.9 Å². The maximum Gasteiger partial charge on any atom is 0.339 e. The number of hydrogen-bond donors (Lipinski definition) is 3. The fourth-order valence-electron chi connectivity index (χ4n) is 4.73. The minimum absolute atomic E-state index is 0. The van der Waals surface area contributed by atoms with Crippen LogP contribution in [0.3, 0.4) is 0 Å². The highest BCUT2D eigenvalue weighted by molar-refractivity contribution is 5.79. The van der Waals surface area contributed by atoms with E-state index in [4.69, 9.17) is 5.11 Å². The number of carbonyl (C=O) groups is 2. The van der Waals surface area contributed by atoms with Crippen molar-refractivity contribution in [3.8, 4) is 0 Å². The van der Waals surface area contributed by atoms with Gasteiger partial charge in [0, 0.05) is 26.2 Å².